The highest BCUT2D eigenvalue weighted by Crippen LogP contribution is 2.11. The molecule has 0 aromatic rings. The van der Waals surface area contributed by atoms with Gasteiger partial charge < -0.3 is 15.7 Å². The number of allylic oxidation sites excluding steroid dienone is 2. The van der Waals surface area contributed by atoms with Crippen LogP contribution in [0.2, 0.25) is 0 Å². The third-order valence-electron chi connectivity index (χ3n) is 4.25. The number of carboxylic acid groups (broad SMARTS) is 1. The van der Waals surface area contributed by atoms with Crippen LogP contribution in [0.1, 0.15) is 84.5 Å². The van der Waals surface area contributed by atoms with Crippen molar-refractivity contribution in [1.29, 1.82) is 0 Å². The topological polar surface area (TPSA) is 78.4 Å². The number of nitrogens with one attached hydrogen (secondary N) is 2. The molecule has 5 nitrogen and oxygen atoms in total. The first-order valence-electron chi connectivity index (χ1n) is 9.97. The Morgan fingerprint density at radius 2 is 1.44 bits per heavy atom. The van der Waals surface area contributed by atoms with Gasteiger partial charge in [0.1, 0.15) is 0 Å². The Bertz CT molecular complexity index is 370. The van der Waals surface area contributed by atoms with Crippen molar-refractivity contribution in [1.82, 2.24) is 10.6 Å². The first kappa shape index (κ1) is 23.5. The summed E-state index contributed by atoms with van der Waals surface area (Å²) >= 11 is 0. The molecule has 0 aliphatic rings. The van der Waals surface area contributed by atoms with Gasteiger partial charge in [-0.05, 0) is 44.9 Å². The van der Waals surface area contributed by atoms with Gasteiger partial charge in [-0.3, -0.25) is 4.79 Å². The number of aliphatic carboxylic acids is 1. The molecule has 5 heteroatoms. The monoisotopic (exact) mass is 354 g/mol. The SMILES string of the molecule is CCCCCNC(=O)NCCCC/C=C\CCCCCC(C)C(=O)O. The lowest BCUT2D eigenvalue weighted by Crippen LogP contribution is -2.36. The zero-order chi connectivity index (χ0) is 18.8. The molecule has 146 valence electrons. The van der Waals surface area contributed by atoms with E-state index in [1.54, 1.807) is 6.92 Å². The number of hydrogen-bond acceptors (Lipinski definition) is 2. The molecular weight excluding hydrogens is 316 g/mol. The molecule has 0 aliphatic heterocycles. The lowest BCUT2D eigenvalue weighted by atomic mass is 10.0. The zero-order valence-electron chi connectivity index (χ0n) is 16.2. The van der Waals surface area contributed by atoms with E-state index in [2.05, 4.69) is 29.7 Å². The molecule has 0 radical (unpaired) electrons. The molecule has 0 spiro atoms. The number of urea groups is 1. The number of carboxylic acids is 1. The van der Waals surface area contributed by atoms with Crippen LogP contribution in [0.25, 0.3) is 0 Å². The van der Waals surface area contributed by atoms with E-state index in [0.717, 1.165) is 77.3 Å². The minimum atomic E-state index is -0.691. The predicted molar refractivity (Wildman–Crippen MR) is 104 cm³/mol. The average Bonchev–Trinajstić information content (AvgIpc) is 2.59. The average molecular weight is 355 g/mol. The maximum atomic E-state index is 11.5. The highest BCUT2D eigenvalue weighted by atomic mass is 16.4. The minimum Gasteiger partial charge on any atom is -0.481 e. The van der Waals surface area contributed by atoms with E-state index in [9.17, 15) is 9.59 Å². The normalized spacial score (nSPS) is 12.2. The van der Waals surface area contributed by atoms with Gasteiger partial charge in [-0.1, -0.05) is 51.7 Å². The van der Waals surface area contributed by atoms with Crippen molar-refractivity contribution in [3.63, 3.8) is 0 Å². The van der Waals surface area contributed by atoms with Crippen molar-refractivity contribution >= 4 is 12.0 Å². The van der Waals surface area contributed by atoms with Crippen LogP contribution in [0, 0.1) is 5.92 Å². The highest BCUT2D eigenvalue weighted by Gasteiger charge is 2.09. The van der Waals surface area contributed by atoms with Gasteiger partial charge >= 0.3 is 12.0 Å². The molecular formula is C20H38N2O3. The second kappa shape index (κ2) is 17.3. The molecule has 1 atom stereocenters. The molecule has 0 rings (SSSR count). The molecule has 0 aromatic heterocycles. The van der Waals surface area contributed by atoms with E-state index < -0.39 is 5.97 Å². The van der Waals surface area contributed by atoms with Crippen LogP contribution in [0.3, 0.4) is 0 Å². The molecule has 0 aliphatic carbocycles. The molecule has 0 heterocycles. The van der Waals surface area contributed by atoms with Crippen molar-refractivity contribution in [2.24, 2.45) is 5.92 Å². The highest BCUT2D eigenvalue weighted by molar-refractivity contribution is 5.73. The Labute approximate surface area is 153 Å². The van der Waals surface area contributed by atoms with Gasteiger partial charge in [-0.2, -0.15) is 0 Å². The maximum absolute atomic E-state index is 11.5. The number of amides is 2. The number of rotatable bonds is 16. The summed E-state index contributed by atoms with van der Waals surface area (Å²) < 4.78 is 0. The smallest absolute Gasteiger partial charge is 0.314 e. The summed E-state index contributed by atoms with van der Waals surface area (Å²) in [5.41, 5.74) is 0. The van der Waals surface area contributed by atoms with Gasteiger partial charge in [0.25, 0.3) is 0 Å². The Kier molecular flexibility index (Phi) is 16.3. The van der Waals surface area contributed by atoms with Gasteiger partial charge in [0.05, 0.1) is 5.92 Å². The molecule has 0 bridgehead atoms. The maximum Gasteiger partial charge on any atom is 0.314 e. The van der Waals surface area contributed by atoms with Gasteiger partial charge in [-0.25, -0.2) is 4.79 Å². The molecule has 0 aromatic carbocycles. The number of carbonyl (C=O) groups is 2. The fourth-order valence-electron chi connectivity index (χ4n) is 2.48. The van der Waals surface area contributed by atoms with Crippen LogP contribution in [0.15, 0.2) is 12.2 Å². The van der Waals surface area contributed by atoms with E-state index >= 15 is 0 Å². The number of carbonyl (C=O) groups excluding carboxylic acids is 1. The molecule has 1 unspecified atom stereocenters. The minimum absolute atomic E-state index is 0.0520. The van der Waals surface area contributed by atoms with E-state index in [-0.39, 0.29) is 11.9 Å². The summed E-state index contributed by atoms with van der Waals surface area (Å²) in [6.07, 6.45) is 16.0. The van der Waals surface area contributed by atoms with Crippen LogP contribution in [-0.4, -0.2) is 30.2 Å². The summed E-state index contributed by atoms with van der Waals surface area (Å²) in [6.45, 7) is 5.41. The van der Waals surface area contributed by atoms with Crippen LogP contribution < -0.4 is 10.6 Å². The summed E-state index contributed by atoms with van der Waals surface area (Å²) in [6, 6.07) is -0.0520. The third kappa shape index (κ3) is 17.1. The van der Waals surface area contributed by atoms with Crippen molar-refractivity contribution in [3.8, 4) is 0 Å². The van der Waals surface area contributed by atoms with E-state index in [1.165, 1.54) is 6.42 Å². The summed E-state index contributed by atoms with van der Waals surface area (Å²) in [5, 5.41) is 14.5. The Morgan fingerprint density at radius 1 is 0.880 bits per heavy atom. The summed E-state index contributed by atoms with van der Waals surface area (Å²) in [7, 11) is 0. The molecule has 2 amide bonds. The predicted octanol–water partition coefficient (Wildman–Crippen LogP) is 4.87. The van der Waals surface area contributed by atoms with Gasteiger partial charge in [0, 0.05) is 13.1 Å². The van der Waals surface area contributed by atoms with Gasteiger partial charge in [-0.15, -0.1) is 0 Å². The van der Waals surface area contributed by atoms with E-state index in [0.29, 0.717) is 0 Å². The van der Waals surface area contributed by atoms with Crippen LogP contribution >= 0.6 is 0 Å². The summed E-state index contributed by atoms with van der Waals surface area (Å²) in [4.78, 5) is 22.2. The van der Waals surface area contributed by atoms with Crippen LogP contribution in [0.5, 0.6) is 0 Å². The molecule has 0 saturated heterocycles. The standard InChI is InChI=1S/C20H38N2O3/c1-3-4-13-16-21-20(25)22-17-14-11-9-7-5-6-8-10-12-15-18(2)19(23)24/h5,7,18H,3-4,6,8-17H2,1-2H3,(H,23,24)(H2,21,22,25)/b7-5-. The zero-order valence-corrected chi connectivity index (χ0v) is 16.2. The van der Waals surface area contributed by atoms with Crippen molar-refractivity contribution in [2.75, 3.05) is 13.1 Å². The quantitative estimate of drug-likeness (QED) is 0.273. The van der Waals surface area contributed by atoms with E-state index in [4.69, 9.17) is 5.11 Å². The Morgan fingerprint density at radius 3 is 2.00 bits per heavy atom. The second-order valence-electron chi connectivity index (χ2n) is 6.73. The van der Waals surface area contributed by atoms with Crippen molar-refractivity contribution in [3.05, 3.63) is 12.2 Å². The fourth-order valence-corrected chi connectivity index (χ4v) is 2.48. The third-order valence-corrected chi connectivity index (χ3v) is 4.25. The molecule has 25 heavy (non-hydrogen) atoms. The molecule has 3 N–H and O–H groups in total. The largest absolute Gasteiger partial charge is 0.481 e. The van der Waals surface area contributed by atoms with Crippen LogP contribution in [0.4, 0.5) is 4.79 Å². The lowest BCUT2D eigenvalue weighted by molar-refractivity contribution is -0.141. The second-order valence-corrected chi connectivity index (χ2v) is 6.73. The lowest BCUT2D eigenvalue weighted by Gasteiger charge is -2.06. The van der Waals surface area contributed by atoms with Gasteiger partial charge in [0.15, 0.2) is 0 Å². The van der Waals surface area contributed by atoms with Crippen LogP contribution in [-0.2, 0) is 4.79 Å². The van der Waals surface area contributed by atoms with Gasteiger partial charge in [0.2, 0.25) is 0 Å². The van der Waals surface area contributed by atoms with Crippen molar-refractivity contribution in [2.45, 2.75) is 84.5 Å². The molecule has 0 saturated carbocycles. The van der Waals surface area contributed by atoms with E-state index in [1.807, 2.05) is 0 Å². The Balaban J connectivity index is 3.30. The number of hydrogen-bond donors (Lipinski definition) is 3. The summed E-state index contributed by atoms with van der Waals surface area (Å²) in [5.74, 6) is -0.911. The van der Waals surface area contributed by atoms with Crippen molar-refractivity contribution < 1.29 is 14.7 Å². The first-order valence-corrected chi connectivity index (χ1v) is 9.97. The first-order chi connectivity index (χ1) is 12.1. The number of unbranched alkanes of at least 4 members (excludes halogenated alkanes) is 7. The Hall–Kier alpha value is -1.52. The molecule has 0 fully saturated rings. The fraction of sp³-hybridized carbons (Fsp3) is 0.800.